The number of aromatic nitrogens is 4. The average Bonchev–Trinajstić information content (AvgIpc) is 4.15. The lowest BCUT2D eigenvalue weighted by Gasteiger charge is -2.08. The molecular weight excluding hydrogens is 2100 g/mol. The van der Waals surface area contributed by atoms with E-state index < -0.39 is 7.37 Å². The zero-order valence-corrected chi connectivity index (χ0v) is 80.8. The Kier molecular flexibility index (Phi) is 92.1. The number of hydrogen-bond acceptors (Lipinski definition) is 10. The maximum atomic E-state index is 11.5. The molecule has 2 aromatic heterocycles. The Morgan fingerprint density at radius 1 is 0.395 bits per heavy atom. The first kappa shape index (κ1) is 89.1. The van der Waals surface area contributed by atoms with Crippen LogP contribution < -0.4 is 0 Å². The van der Waals surface area contributed by atoms with E-state index in [0.29, 0.717) is 24.1 Å². The summed E-state index contributed by atoms with van der Waals surface area (Å²) in [6.45, 7) is 3.80. The van der Waals surface area contributed by atoms with E-state index in [4.69, 9.17) is 38.5 Å². The summed E-state index contributed by atoms with van der Waals surface area (Å²) in [5.41, 5.74) is 0. The van der Waals surface area contributed by atoms with Gasteiger partial charge in [0.15, 0.2) is 11.6 Å². The molecule has 0 aliphatic heterocycles. The number of alkyl halides is 1. The van der Waals surface area contributed by atoms with E-state index in [-0.39, 0.29) is 13.6 Å². The molecule has 0 N–H and O–H groups in total. The fraction of sp³-hybridized carbons (Fsp3) is 0.600. The molecule has 0 spiro atoms. The van der Waals surface area contributed by atoms with Crippen LogP contribution in [0.25, 0.3) is 0 Å². The summed E-state index contributed by atoms with van der Waals surface area (Å²) in [5, 5.41) is 6.96. The smallest absolute Gasteiger partial charge is 0.213 e. The highest BCUT2D eigenvalue weighted by Crippen LogP contribution is 2.45. The third kappa shape index (κ3) is 75.8. The van der Waals surface area contributed by atoms with Gasteiger partial charge >= 0.3 is 0 Å². The van der Waals surface area contributed by atoms with Crippen LogP contribution in [0.4, 0.5) is 0 Å². The van der Waals surface area contributed by atoms with Gasteiger partial charge in [-0.05, 0) is 6.92 Å². The molecule has 2 aromatic rings. The lowest BCUT2D eigenvalue weighted by atomic mass is 10.7. The number of nitrogens with zero attached hydrogens (tertiary/aromatic N) is 4. The fourth-order valence-electron chi connectivity index (χ4n) is 1.68. The summed E-state index contributed by atoms with van der Waals surface area (Å²) in [5.74, 6) is 1.27. The topological polar surface area (TPSA) is 104 Å². The second-order valence-corrected chi connectivity index (χ2v) is 105. The van der Waals surface area contributed by atoms with Crippen molar-refractivity contribution in [2.24, 2.45) is 0 Å². The van der Waals surface area contributed by atoms with Gasteiger partial charge in [0.05, 0.1) is 18.6 Å². The van der Waals surface area contributed by atoms with Crippen molar-refractivity contribution in [3.05, 3.63) is 24.4 Å². The van der Waals surface area contributed by atoms with Gasteiger partial charge in [0.1, 0.15) is 0 Å². The van der Waals surface area contributed by atoms with Crippen LogP contribution in [0.15, 0.2) is 21.8 Å². The van der Waals surface area contributed by atoms with Gasteiger partial charge in [0.25, 0.3) is 0 Å². The second kappa shape index (κ2) is 78.5. The van der Waals surface area contributed by atoms with Gasteiger partial charge in [-0.3, -0.25) is 4.57 Å². The molecule has 8 nitrogen and oxygen atoms in total. The maximum Gasteiger partial charge on any atom is 0.213 e. The largest absolute Gasteiger partial charge is 0.343 e. The normalized spacial score (nSPS) is 9.09. The molecule has 0 fully saturated rings. The molecule has 2 rings (SSSR count). The van der Waals surface area contributed by atoms with Crippen LogP contribution in [-0.2, 0) is 523 Å². The average molecular weight is 2120 g/mol. The van der Waals surface area contributed by atoms with E-state index in [1.165, 1.54) is 30.5 Å². The molecule has 76 heavy (non-hydrogen) atoms. The minimum absolute atomic E-state index is 0. The first-order valence-electron chi connectivity index (χ1n) is 14.5. The molecule has 0 saturated heterocycles. The summed E-state index contributed by atoms with van der Waals surface area (Å²) in [6.07, 6.45) is 2.69. The van der Waals surface area contributed by atoms with Gasteiger partial charge < -0.3 is 13.6 Å². The first-order valence-corrected chi connectivity index (χ1v) is 90.6. The van der Waals surface area contributed by atoms with E-state index >= 15 is 0 Å². The molecule has 66 heteroatoms. The molecule has 2 heterocycles. The fourth-order valence-corrected chi connectivity index (χ4v) is 146. The van der Waals surface area contributed by atoms with E-state index in [9.17, 15) is 4.57 Å². The van der Waals surface area contributed by atoms with Crippen molar-refractivity contribution in [2.75, 3.05) is 13.3 Å². The summed E-state index contributed by atoms with van der Waals surface area (Å²) >= 11 is 14.9. The highest BCUT2D eigenvalue weighted by atomic mass is 35.5. The SMILES string of the molecule is C.CCOP(C)(=O)Cc1ncon1.ClCc1ncon1.S=S=S=S=S=S=S=S=S=S=S=S=S=S=S=S=S=S=S=S=S=S=S=S=S=S=S=S=S=S=S=S=S=S=S=S=S=S=S=S=S=S=S=S=S=S=S=S=S=S=S=S=S=S=S=S. The van der Waals surface area contributed by atoms with E-state index in [1.54, 1.807) is 120 Å². The van der Waals surface area contributed by atoms with Crippen molar-refractivity contribution in [2.45, 2.75) is 26.4 Å². The van der Waals surface area contributed by atoms with E-state index in [2.05, 4.69) is 29.3 Å². The minimum Gasteiger partial charge on any atom is -0.343 e. The predicted molar refractivity (Wildman–Crippen MR) is 486 cm³/mol. The Hall–Kier alpha value is 11.1. The summed E-state index contributed by atoms with van der Waals surface area (Å²) < 4.78 is 25.4. The highest BCUT2D eigenvalue weighted by molar-refractivity contribution is 8.83. The minimum atomic E-state index is -2.57. The Balaban J connectivity index is 0. The molecule has 0 aliphatic rings. The van der Waals surface area contributed by atoms with Crippen LogP contribution in [0, 0.1) is 0 Å². The number of halogens is 1. The third-order valence-corrected chi connectivity index (χ3v) is 123. The summed E-state index contributed by atoms with van der Waals surface area (Å²) in [6, 6.07) is 0. The molecule has 0 amide bonds. The van der Waals surface area contributed by atoms with E-state index in [0.717, 1.165) is 0 Å². The van der Waals surface area contributed by atoms with Crippen molar-refractivity contribution < 1.29 is 18.1 Å². The van der Waals surface area contributed by atoms with Crippen LogP contribution in [0.2, 0.25) is 0 Å². The number of rotatable bonds is 5. The molecule has 0 saturated carbocycles. The van der Waals surface area contributed by atoms with Crippen molar-refractivity contribution in [3.63, 3.8) is 0 Å². The van der Waals surface area contributed by atoms with Crippen molar-refractivity contribution in [1.29, 1.82) is 0 Å². The first-order chi connectivity index (χ1) is 37.0. The van der Waals surface area contributed by atoms with Crippen LogP contribution in [0.5, 0.6) is 0 Å². The molecule has 1 unspecified atom stereocenters. The van der Waals surface area contributed by atoms with Gasteiger partial charge in [-0.15, -0.1) is 11.6 Å². The van der Waals surface area contributed by atoms with Crippen molar-refractivity contribution >= 4 is 521 Å². The lowest BCUT2D eigenvalue weighted by Crippen LogP contribution is -1.94. The molecule has 0 bridgehead atoms. The van der Waals surface area contributed by atoms with Crippen molar-refractivity contribution in [1.82, 2.24) is 20.3 Å². The molecule has 0 aliphatic carbocycles. The molecule has 0 aromatic carbocycles. The zero-order valence-electron chi connectivity index (χ0n) is 33.4. The molecule has 0 radical (unpaired) electrons. The van der Waals surface area contributed by atoms with Gasteiger partial charge in [0, 0.05) is 509 Å². The van der Waals surface area contributed by atoms with Crippen molar-refractivity contribution in [3.8, 4) is 0 Å². The predicted octanol–water partition coefficient (Wildman–Crippen LogP) is 2.82. The van der Waals surface area contributed by atoms with Gasteiger partial charge in [-0.1, -0.05) is 17.7 Å². The lowest BCUT2D eigenvalue weighted by molar-refractivity contribution is 0.335. The molecule has 1 atom stereocenters. The monoisotopic (exact) mass is 2110 g/mol. The summed E-state index contributed by atoms with van der Waals surface area (Å²) in [7, 11) is 94.1. The Morgan fingerprint density at radius 3 is 0.711 bits per heavy atom. The van der Waals surface area contributed by atoms with E-state index in [1.807, 2.05) is 355 Å². The summed E-state index contributed by atoms with van der Waals surface area (Å²) in [4.78, 5) is 7.38. The van der Waals surface area contributed by atoms with Crippen LogP contribution >= 0.6 is 19.0 Å². The van der Waals surface area contributed by atoms with Crippen LogP contribution in [-0.4, -0.2) is 33.6 Å². The Bertz CT molecular complexity index is 4610. The highest BCUT2D eigenvalue weighted by Gasteiger charge is 2.18. The van der Waals surface area contributed by atoms with Gasteiger partial charge in [-0.2, -0.15) is 9.97 Å². The maximum absolute atomic E-state index is 11.5. The van der Waals surface area contributed by atoms with Crippen LogP contribution in [0.3, 0.4) is 0 Å². The third-order valence-electron chi connectivity index (χ3n) is 3.24. The Morgan fingerprint density at radius 2 is 0.579 bits per heavy atom. The van der Waals surface area contributed by atoms with Crippen LogP contribution in [0.1, 0.15) is 26.0 Å². The molecular formula is C10H18ClN4O4PS56. The van der Waals surface area contributed by atoms with Gasteiger partial charge in [-0.25, -0.2) is 0 Å². The van der Waals surface area contributed by atoms with Gasteiger partial charge in [0.2, 0.25) is 20.2 Å². The molecule has 450 valence electrons. The number of hydrogen-bond donors (Lipinski definition) is 0. The second-order valence-electron chi connectivity index (χ2n) is 7.09. The standard InChI is InChI=1S/C6H11N2O3P.C3H3ClN2O.CH4.S56/c1-3-11-12(2,9)4-6-7-5-10-8-6;4-1-3-5-2-7-6-3;;1-3-5-7-9-11-13-15-17-19-21-23-25-27-29-31-33-35-37-39-41-43-45-47-49-51-53-55-56-54-52-50-48-46-44-42-40-38-36-34-32-30-28-26-24-22-20-18-16-14-12-10-8-6-4-2/h5H,3-4H2,1-2H3;2H,1H2;1H4;. The Labute approximate surface area is 607 Å². The quantitative estimate of drug-likeness (QED) is 0.329. The zero-order chi connectivity index (χ0) is 54.3.